The molecule has 1 heterocycles. The topological polar surface area (TPSA) is 52.1 Å². The minimum atomic E-state index is -0.294. The summed E-state index contributed by atoms with van der Waals surface area (Å²) < 4.78 is 4.82. The van der Waals surface area contributed by atoms with Crippen molar-refractivity contribution >= 4 is 5.78 Å². The van der Waals surface area contributed by atoms with E-state index in [-0.39, 0.29) is 11.6 Å². The molecule has 0 atom stereocenters. The molecular formula is C8H8N2O2. The second-order valence-electron chi connectivity index (χ2n) is 2.01. The number of rotatable bonds is 3. The van der Waals surface area contributed by atoms with Crippen LogP contribution in [0, 0.1) is 0 Å². The fourth-order valence-corrected chi connectivity index (χ4v) is 0.640. The zero-order valence-electron chi connectivity index (χ0n) is 6.65. The summed E-state index contributed by atoms with van der Waals surface area (Å²) in [5, 5.41) is 0. The lowest BCUT2D eigenvalue weighted by atomic mass is 10.3. The molecule has 0 radical (unpaired) electrons. The number of ketones is 1. The van der Waals surface area contributed by atoms with Gasteiger partial charge in [-0.3, -0.25) is 4.79 Å². The van der Waals surface area contributed by atoms with Crippen LogP contribution in [0.25, 0.3) is 0 Å². The van der Waals surface area contributed by atoms with Gasteiger partial charge in [0, 0.05) is 0 Å². The van der Waals surface area contributed by atoms with Crippen LogP contribution < -0.4 is 4.74 Å². The Labute approximate surface area is 69.9 Å². The Bertz CT molecular complexity index is 292. The molecule has 12 heavy (non-hydrogen) atoms. The van der Waals surface area contributed by atoms with Gasteiger partial charge < -0.3 is 4.74 Å². The third-order valence-electron chi connectivity index (χ3n) is 1.27. The van der Waals surface area contributed by atoms with Crippen molar-refractivity contribution in [2.75, 3.05) is 7.11 Å². The maximum Gasteiger partial charge on any atom is 0.222 e. The van der Waals surface area contributed by atoms with Crippen LogP contribution in [0.2, 0.25) is 0 Å². The average Bonchev–Trinajstić information content (AvgIpc) is 2.17. The lowest BCUT2D eigenvalue weighted by Gasteiger charge is -1.97. The molecule has 0 aromatic carbocycles. The lowest BCUT2D eigenvalue weighted by Crippen LogP contribution is -2.01. The van der Waals surface area contributed by atoms with Gasteiger partial charge in [-0.15, -0.1) is 0 Å². The third-order valence-corrected chi connectivity index (χ3v) is 1.27. The van der Waals surface area contributed by atoms with Gasteiger partial charge in [0.15, 0.2) is 5.75 Å². The van der Waals surface area contributed by atoms with E-state index in [1.807, 2.05) is 0 Å². The number of nitrogens with zero attached hydrogens (tertiary/aromatic N) is 2. The molecule has 0 spiro atoms. The molecule has 62 valence electrons. The van der Waals surface area contributed by atoms with E-state index in [1.54, 1.807) is 0 Å². The Balaban J connectivity index is 2.91. The van der Waals surface area contributed by atoms with Gasteiger partial charge in [0.05, 0.1) is 19.5 Å². The standard InChI is InChI=1S/C8H8N2O2/c1-3-7(11)8-9-4-6(12-2)5-10-8/h3-5H,1H2,2H3. The van der Waals surface area contributed by atoms with Crippen molar-refractivity contribution in [3.8, 4) is 5.75 Å². The van der Waals surface area contributed by atoms with Gasteiger partial charge in [0.25, 0.3) is 0 Å². The number of carbonyl (C=O) groups is 1. The predicted molar refractivity (Wildman–Crippen MR) is 43.1 cm³/mol. The first-order valence-corrected chi connectivity index (χ1v) is 3.30. The smallest absolute Gasteiger partial charge is 0.222 e. The number of methoxy groups -OCH3 is 1. The number of aromatic nitrogens is 2. The van der Waals surface area contributed by atoms with Gasteiger partial charge in [-0.05, 0) is 6.08 Å². The van der Waals surface area contributed by atoms with Crippen LogP contribution in [0.3, 0.4) is 0 Å². The van der Waals surface area contributed by atoms with Crippen LogP contribution in [0.4, 0.5) is 0 Å². The Kier molecular flexibility index (Phi) is 2.53. The molecule has 1 aromatic rings. The van der Waals surface area contributed by atoms with Gasteiger partial charge in [0.2, 0.25) is 11.6 Å². The van der Waals surface area contributed by atoms with Gasteiger partial charge in [-0.25, -0.2) is 9.97 Å². The van der Waals surface area contributed by atoms with Gasteiger partial charge in [0.1, 0.15) is 0 Å². The number of allylic oxidation sites excluding steroid dienone is 1. The number of hydrogen-bond donors (Lipinski definition) is 0. The van der Waals surface area contributed by atoms with Crippen LogP contribution in [-0.2, 0) is 0 Å². The molecule has 1 aromatic heterocycles. The first-order chi connectivity index (χ1) is 5.77. The minimum Gasteiger partial charge on any atom is -0.494 e. The molecule has 0 amide bonds. The summed E-state index contributed by atoms with van der Waals surface area (Å²) in [4.78, 5) is 18.5. The first-order valence-electron chi connectivity index (χ1n) is 3.30. The second kappa shape index (κ2) is 3.61. The van der Waals surface area contributed by atoms with Crippen molar-refractivity contribution in [1.29, 1.82) is 0 Å². The molecule has 0 aliphatic carbocycles. The molecular weight excluding hydrogens is 156 g/mol. The van der Waals surface area contributed by atoms with Crippen molar-refractivity contribution in [2.45, 2.75) is 0 Å². The summed E-state index contributed by atoms with van der Waals surface area (Å²) in [5.74, 6) is 0.360. The van der Waals surface area contributed by atoms with Crippen LogP contribution >= 0.6 is 0 Å². The molecule has 4 heteroatoms. The largest absolute Gasteiger partial charge is 0.494 e. The van der Waals surface area contributed by atoms with Crippen molar-refractivity contribution < 1.29 is 9.53 Å². The number of hydrogen-bond acceptors (Lipinski definition) is 4. The quantitative estimate of drug-likeness (QED) is 0.491. The molecule has 0 aliphatic heterocycles. The molecule has 0 fully saturated rings. The maximum atomic E-state index is 10.9. The minimum absolute atomic E-state index is 0.130. The Morgan fingerprint density at radius 1 is 1.58 bits per heavy atom. The summed E-state index contributed by atoms with van der Waals surface area (Å²) in [5.41, 5.74) is 0. The average molecular weight is 164 g/mol. The van der Waals surface area contributed by atoms with E-state index in [9.17, 15) is 4.79 Å². The van der Waals surface area contributed by atoms with Gasteiger partial charge in [-0.2, -0.15) is 0 Å². The van der Waals surface area contributed by atoms with Crippen LogP contribution in [-0.4, -0.2) is 22.9 Å². The highest BCUT2D eigenvalue weighted by molar-refractivity contribution is 6.01. The third kappa shape index (κ3) is 1.66. The van der Waals surface area contributed by atoms with E-state index >= 15 is 0 Å². The highest BCUT2D eigenvalue weighted by Crippen LogP contribution is 2.04. The van der Waals surface area contributed by atoms with E-state index in [2.05, 4.69) is 16.5 Å². The van der Waals surface area contributed by atoms with Crippen LogP contribution in [0.15, 0.2) is 25.0 Å². The molecule has 0 N–H and O–H groups in total. The summed E-state index contributed by atoms with van der Waals surface area (Å²) in [7, 11) is 1.51. The van der Waals surface area contributed by atoms with E-state index in [0.29, 0.717) is 5.75 Å². The van der Waals surface area contributed by atoms with Crippen molar-refractivity contribution in [2.24, 2.45) is 0 Å². The normalized spacial score (nSPS) is 9.08. The van der Waals surface area contributed by atoms with E-state index in [4.69, 9.17) is 4.74 Å². The zero-order valence-corrected chi connectivity index (χ0v) is 6.65. The van der Waals surface area contributed by atoms with Crippen LogP contribution in [0.1, 0.15) is 10.6 Å². The highest BCUT2D eigenvalue weighted by Gasteiger charge is 2.03. The Morgan fingerprint density at radius 2 is 2.17 bits per heavy atom. The first kappa shape index (κ1) is 8.39. The number of carbonyl (C=O) groups excluding carboxylic acids is 1. The summed E-state index contributed by atoms with van der Waals surface area (Å²) in [6, 6.07) is 0. The Hall–Kier alpha value is -1.71. The van der Waals surface area contributed by atoms with Crippen molar-refractivity contribution in [3.05, 3.63) is 30.9 Å². The summed E-state index contributed by atoms with van der Waals surface area (Å²) >= 11 is 0. The molecule has 0 saturated carbocycles. The van der Waals surface area contributed by atoms with Crippen molar-refractivity contribution in [3.63, 3.8) is 0 Å². The maximum absolute atomic E-state index is 10.9. The summed E-state index contributed by atoms with van der Waals surface area (Å²) in [6.45, 7) is 3.32. The monoisotopic (exact) mass is 164 g/mol. The number of ether oxygens (including phenoxy) is 1. The fraction of sp³-hybridized carbons (Fsp3) is 0.125. The molecule has 4 nitrogen and oxygen atoms in total. The summed E-state index contributed by atoms with van der Waals surface area (Å²) in [6.07, 6.45) is 4.04. The van der Waals surface area contributed by atoms with Crippen LogP contribution in [0.5, 0.6) is 5.75 Å². The lowest BCUT2D eigenvalue weighted by molar-refractivity contribution is 0.103. The van der Waals surface area contributed by atoms with E-state index < -0.39 is 0 Å². The van der Waals surface area contributed by atoms with E-state index in [1.165, 1.54) is 25.6 Å². The van der Waals surface area contributed by atoms with Gasteiger partial charge in [-0.1, -0.05) is 6.58 Å². The molecule has 0 unspecified atom stereocenters. The van der Waals surface area contributed by atoms with Crippen molar-refractivity contribution in [1.82, 2.24) is 9.97 Å². The molecule has 1 rings (SSSR count). The fourth-order valence-electron chi connectivity index (χ4n) is 0.640. The Morgan fingerprint density at radius 3 is 2.58 bits per heavy atom. The zero-order chi connectivity index (χ0) is 8.97. The SMILES string of the molecule is C=CC(=O)c1ncc(OC)cn1. The highest BCUT2D eigenvalue weighted by atomic mass is 16.5. The second-order valence-corrected chi connectivity index (χ2v) is 2.01. The molecule has 0 saturated heterocycles. The van der Waals surface area contributed by atoms with Gasteiger partial charge >= 0.3 is 0 Å². The predicted octanol–water partition coefficient (Wildman–Crippen LogP) is 0.854. The molecule has 0 bridgehead atoms. The molecule has 0 aliphatic rings. The van der Waals surface area contributed by atoms with E-state index in [0.717, 1.165) is 0 Å².